The second kappa shape index (κ2) is 10.4. The number of rotatable bonds is 3. The summed E-state index contributed by atoms with van der Waals surface area (Å²) >= 11 is 0.854. The number of thiophene rings is 1. The number of carbonyl (C=O) groups excluding carboxylic acids is 1. The summed E-state index contributed by atoms with van der Waals surface area (Å²) in [5, 5.41) is 25.0. The topological polar surface area (TPSA) is 135 Å². The summed E-state index contributed by atoms with van der Waals surface area (Å²) in [4.78, 5) is 38.9. The van der Waals surface area contributed by atoms with E-state index in [-0.39, 0.29) is 10.8 Å². The zero-order valence-corrected chi connectivity index (χ0v) is 11.5. The van der Waals surface area contributed by atoms with Crippen LogP contribution in [0.25, 0.3) is 0 Å². The highest BCUT2D eigenvalue weighted by atomic mass is 32.1. The van der Waals surface area contributed by atoms with E-state index in [2.05, 4.69) is 6.58 Å². The van der Waals surface area contributed by atoms with Gasteiger partial charge in [0, 0.05) is 19.9 Å². The number of aliphatic carboxylic acids is 2. The van der Waals surface area contributed by atoms with Crippen molar-refractivity contribution in [2.75, 3.05) is 0 Å². The van der Waals surface area contributed by atoms with Gasteiger partial charge in [0.05, 0.1) is 9.80 Å². The molecule has 0 radical (unpaired) electrons. The molecule has 0 spiro atoms. The predicted molar refractivity (Wildman–Crippen MR) is 72.1 cm³/mol. The minimum Gasteiger partial charge on any atom is -0.481 e. The van der Waals surface area contributed by atoms with Crippen LogP contribution in [-0.2, 0) is 9.59 Å². The third-order valence-electron chi connectivity index (χ3n) is 1.20. The Morgan fingerprint density at radius 1 is 1.25 bits per heavy atom. The molecule has 2 N–H and O–H groups in total. The first-order valence-electron chi connectivity index (χ1n) is 4.91. The highest BCUT2D eigenvalue weighted by Crippen LogP contribution is 2.24. The van der Waals surface area contributed by atoms with Crippen molar-refractivity contribution in [2.45, 2.75) is 13.8 Å². The normalized spacial score (nSPS) is 8.10. The first-order valence-corrected chi connectivity index (χ1v) is 5.73. The van der Waals surface area contributed by atoms with Gasteiger partial charge < -0.3 is 10.2 Å². The Bertz CT molecular complexity index is 487. The molecule has 0 bridgehead atoms. The summed E-state index contributed by atoms with van der Waals surface area (Å²) in [6.07, 6.45) is 1.13. The molecule has 8 nitrogen and oxygen atoms in total. The standard InChI is InChI=1S/C7H5NO3S.2C2H4O2/c1-2-5(9)6-3-4-7(12-6)8(10)11;2*1-2(3)4/h2-4H,1H2;2*1H3,(H,3,4). The van der Waals surface area contributed by atoms with Crippen molar-refractivity contribution in [3.8, 4) is 0 Å². The average Bonchev–Trinajstić information content (AvgIpc) is 2.75. The number of ketones is 1. The fraction of sp³-hybridized carbons (Fsp3) is 0.182. The fourth-order valence-corrected chi connectivity index (χ4v) is 1.41. The Balaban J connectivity index is 0. The van der Waals surface area contributed by atoms with Crippen molar-refractivity contribution in [1.29, 1.82) is 0 Å². The van der Waals surface area contributed by atoms with Gasteiger partial charge in [0.15, 0.2) is 5.78 Å². The molecular formula is C11H13NO7S. The molecule has 0 amide bonds. The molecule has 110 valence electrons. The van der Waals surface area contributed by atoms with Crippen LogP contribution in [0.4, 0.5) is 5.00 Å². The smallest absolute Gasteiger partial charge is 0.324 e. The maximum atomic E-state index is 10.9. The van der Waals surface area contributed by atoms with E-state index in [9.17, 15) is 14.9 Å². The maximum absolute atomic E-state index is 10.9. The Kier molecular flexibility index (Phi) is 10.3. The molecule has 0 saturated carbocycles. The molecule has 20 heavy (non-hydrogen) atoms. The summed E-state index contributed by atoms with van der Waals surface area (Å²) in [6, 6.07) is 2.73. The number of carboxylic acids is 2. The van der Waals surface area contributed by atoms with E-state index in [1.807, 2.05) is 0 Å². The Labute approximate surface area is 118 Å². The van der Waals surface area contributed by atoms with Gasteiger partial charge in [-0.15, -0.1) is 0 Å². The van der Waals surface area contributed by atoms with Crippen molar-refractivity contribution in [3.05, 3.63) is 39.8 Å². The van der Waals surface area contributed by atoms with E-state index in [1.165, 1.54) is 12.1 Å². The molecule has 0 atom stereocenters. The Morgan fingerprint density at radius 2 is 1.65 bits per heavy atom. The quantitative estimate of drug-likeness (QED) is 0.378. The van der Waals surface area contributed by atoms with E-state index < -0.39 is 16.9 Å². The van der Waals surface area contributed by atoms with Crippen LogP contribution in [0, 0.1) is 10.1 Å². The minimum absolute atomic E-state index is 0.0276. The fourth-order valence-electron chi connectivity index (χ4n) is 0.659. The van der Waals surface area contributed by atoms with Gasteiger partial charge in [0.2, 0.25) is 0 Å². The molecule has 0 saturated heterocycles. The van der Waals surface area contributed by atoms with Crippen LogP contribution in [0.15, 0.2) is 24.8 Å². The van der Waals surface area contributed by atoms with Gasteiger partial charge in [-0.3, -0.25) is 24.5 Å². The molecular weight excluding hydrogens is 290 g/mol. The van der Waals surface area contributed by atoms with Gasteiger partial charge >= 0.3 is 5.00 Å². The number of carboxylic acid groups (broad SMARTS) is 2. The third-order valence-corrected chi connectivity index (χ3v) is 2.25. The van der Waals surface area contributed by atoms with Crippen molar-refractivity contribution in [3.63, 3.8) is 0 Å². The lowest BCUT2D eigenvalue weighted by atomic mass is 10.3. The zero-order valence-electron chi connectivity index (χ0n) is 10.7. The number of carbonyl (C=O) groups is 3. The lowest BCUT2D eigenvalue weighted by molar-refractivity contribution is -0.380. The van der Waals surface area contributed by atoms with Gasteiger partial charge in [-0.25, -0.2) is 0 Å². The van der Waals surface area contributed by atoms with Crippen molar-refractivity contribution < 1.29 is 29.5 Å². The number of nitrogens with zero attached hydrogens (tertiary/aromatic N) is 1. The van der Waals surface area contributed by atoms with Crippen molar-refractivity contribution in [1.82, 2.24) is 0 Å². The summed E-state index contributed by atoms with van der Waals surface area (Å²) in [6.45, 7) is 5.45. The van der Waals surface area contributed by atoms with E-state index in [0.29, 0.717) is 4.88 Å². The van der Waals surface area contributed by atoms with Gasteiger partial charge in [-0.05, 0) is 12.1 Å². The molecule has 0 unspecified atom stereocenters. The molecule has 1 aromatic heterocycles. The number of hydrogen-bond acceptors (Lipinski definition) is 6. The van der Waals surface area contributed by atoms with Gasteiger partial charge in [0.1, 0.15) is 0 Å². The van der Waals surface area contributed by atoms with Crippen LogP contribution in [-0.4, -0.2) is 32.9 Å². The van der Waals surface area contributed by atoms with E-state index in [4.69, 9.17) is 19.8 Å². The van der Waals surface area contributed by atoms with Crippen LogP contribution in [0.1, 0.15) is 23.5 Å². The third kappa shape index (κ3) is 11.9. The summed E-state index contributed by atoms with van der Waals surface area (Å²) < 4.78 is 0. The van der Waals surface area contributed by atoms with Crippen LogP contribution >= 0.6 is 11.3 Å². The van der Waals surface area contributed by atoms with Crippen LogP contribution in [0.5, 0.6) is 0 Å². The molecule has 0 fully saturated rings. The van der Waals surface area contributed by atoms with Crippen LogP contribution in [0.3, 0.4) is 0 Å². The largest absolute Gasteiger partial charge is 0.481 e. The molecule has 0 aromatic carbocycles. The lowest BCUT2D eigenvalue weighted by Gasteiger charge is -1.83. The highest BCUT2D eigenvalue weighted by molar-refractivity contribution is 7.17. The van der Waals surface area contributed by atoms with Gasteiger partial charge in [0.25, 0.3) is 11.9 Å². The van der Waals surface area contributed by atoms with Crippen molar-refractivity contribution in [2.24, 2.45) is 0 Å². The first kappa shape index (κ1) is 19.8. The number of allylic oxidation sites excluding steroid dienone is 1. The molecule has 0 aliphatic rings. The monoisotopic (exact) mass is 303 g/mol. The van der Waals surface area contributed by atoms with Gasteiger partial charge in [-0.2, -0.15) is 0 Å². The second-order valence-corrected chi connectivity index (χ2v) is 4.06. The van der Waals surface area contributed by atoms with Crippen LogP contribution in [0.2, 0.25) is 0 Å². The Hall–Kier alpha value is -2.55. The number of hydrogen-bond donors (Lipinski definition) is 2. The van der Waals surface area contributed by atoms with Crippen LogP contribution < -0.4 is 0 Å². The molecule has 1 aromatic rings. The average molecular weight is 303 g/mol. The minimum atomic E-state index is -0.833. The second-order valence-electron chi connectivity index (χ2n) is 3.00. The lowest BCUT2D eigenvalue weighted by Crippen LogP contribution is -1.86. The first-order chi connectivity index (χ1) is 9.11. The molecule has 1 rings (SSSR count). The van der Waals surface area contributed by atoms with Crippen molar-refractivity contribution >= 4 is 34.1 Å². The van der Waals surface area contributed by atoms with Gasteiger partial charge in [-0.1, -0.05) is 17.9 Å². The molecule has 1 heterocycles. The highest BCUT2D eigenvalue weighted by Gasteiger charge is 2.12. The summed E-state index contributed by atoms with van der Waals surface area (Å²) in [5.41, 5.74) is 0. The molecule has 0 aliphatic carbocycles. The molecule has 9 heteroatoms. The summed E-state index contributed by atoms with van der Waals surface area (Å²) in [5.74, 6) is -1.95. The van der Waals surface area contributed by atoms with E-state index >= 15 is 0 Å². The maximum Gasteiger partial charge on any atom is 0.324 e. The predicted octanol–water partition coefficient (Wildman–Crippen LogP) is 2.21. The number of nitro groups is 1. The Morgan fingerprint density at radius 3 is 1.90 bits per heavy atom. The van der Waals surface area contributed by atoms with E-state index in [0.717, 1.165) is 31.3 Å². The SMILES string of the molecule is C=CC(=O)c1ccc([N+](=O)[O-])s1.CC(=O)O.CC(=O)O. The summed E-state index contributed by atoms with van der Waals surface area (Å²) in [7, 11) is 0. The zero-order chi connectivity index (χ0) is 16.3. The molecule has 0 aliphatic heterocycles. The van der Waals surface area contributed by atoms with E-state index in [1.54, 1.807) is 0 Å².